The van der Waals surface area contributed by atoms with E-state index in [1.54, 1.807) is 18.9 Å². The summed E-state index contributed by atoms with van der Waals surface area (Å²) in [5, 5.41) is 18.4. The van der Waals surface area contributed by atoms with Gasteiger partial charge in [-0.3, -0.25) is 9.88 Å². The highest BCUT2D eigenvalue weighted by Crippen LogP contribution is 2.31. The van der Waals surface area contributed by atoms with E-state index in [1.165, 1.54) is 12.3 Å². The van der Waals surface area contributed by atoms with Crippen molar-refractivity contribution in [2.24, 2.45) is 5.41 Å². The van der Waals surface area contributed by atoms with Gasteiger partial charge in [0.05, 0.1) is 24.5 Å². The van der Waals surface area contributed by atoms with Gasteiger partial charge in [-0.1, -0.05) is 6.92 Å². The second kappa shape index (κ2) is 6.51. The first kappa shape index (κ1) is 16.9. The lowest BCUT2D eigenvalue weighted by atomic mass is 9.92. The number of aliphatic hydroxyl groups is 2. The summed E-state index contributed by atoms with van der Waals surface area (Å²) in [4.78, 5) is 5.38. The molecule has 1 aromatic rings. The van der Waals surface area contributed by atoms with Gasteiger partial charge < -0.3 is 10.2 Å². The molecule has 0 aromatic carbocycles. The average molecular weight is 292 g/mol. The quantitative estimate of drug-likeness (QED) is 0.835. The van der Waals surface area contributed by atoms with E-state index in [1.807, 2.05) is 0 Å². The number of alkyl halides is 3. The van der Waals surface area contributed by atoms with E-state index in [-0.39, 0.29) is 32.0 Å². The van der Waals surface area contributed by atoms with E-state index < -0.39 is 17.2 Å². The molecule has 0 aliphatic carbocycles. The van der Waals surface area contributed by atoms with Crippen molar-refractivity contribution in [2.45, 2.75) is 19.6 Å². The third kappa shape index (κ3) is 4.43. The Morgan fingerprint density at radius 1 is 1.25 bits per heavy atom. The third-order valence-corrected chi connectivity index (χ3v) is 3.03. The van der Waals surface area contributed by atoms with Gasteiger partial charge in [-0.05, 0) is 19.2 Å². The molecule has 20 heavy (non-hydrogen) atoms. The van der Waals surface area contributed by atoms with Crippen LogP contribution in [0.25, 0.3) is 0 Å². The van der Waals surface area contributed by atoms with Crippen LogP contribution >= 0.6 is 0 Å². The van der Waals surface area contributed by atoms with Crippen molar-refractivity contribution in [2.75, 3.05) is 26.8 Å². The number of halogens is 3. The molecule has 1 heterocycles. The Balaban J connectivity index is 2.84. The zero-order valence-electron chi connectivity index (χ0n) is 11.5. The summed E-state index contributed by atoms with van der Waals surface area (Å²) in [5.74, 6) is 0. The van der Waals surface area contributed by atoms with Gasteiger partial charge >= 0.3 is 6.18 Å². The van der Waals surface area contributed by atoms with Crippen molar-refractivity contribution >= 4 is 0 Å². The molecule has 0 fully saturated rings. The standard InChI is InChI=1S/C13H19F3N2O2/c1-12(8-19,9-20)7-18(2)6-11-10(13(14,15)16)4-3-5-17-11/h3-5,19-20H,6-9H2,1-2H3. The zero-order valence-corrected chi connectivity index (χ0v) is 11.5. The minimum Gasteiger partial charge on any atom is -0.396 e. The molecule has 0 bridgehead atoms. The maximum atomic E-state index is 12.8. The SMILES string of the molecule is CN(Cc1ncccc1C(F)(F)F)CC(C)(CO)CO. The van der Waals surface area contributed by atoms with Gasteiger partial charge in [0.25, 0.3) is 0 Å². The van der Waals surface area contributed by atoms with E-state index in [0.29, 0.717) is 0 Å². The van der Waals surface area contributed by atoms with Crippen LogP contribution in [0, 0.1) is 5.41 Å². The largest absolute Gasteiger partial charge is 0.418 e. The highest BCUT2D eigenvalue weighted by molar-refractivity contribution is 5.22. The number of hydrogen-bond acceptors (Lipinski definition) is 4. The maximum absolute atomic E-state index is 12.8. The molecular weight excluding hydrogens is 273 g/mol. The fourth-order valence-corrected chi connectivity index (χ4v) is 1.94. The summed E-state index contributed by atoms with van der Waals surface area (Å²) in [6.07, 6.45) is -3.13. The molecule has 0 aliphatic rings. The fraction of sp³-hybridized carbons (Fsp3) is 0.615. The molecule has 0 saturated heterocycles. The van der Waals surface area contributed by atoms with Gasteiger partial charge in [0.2, 0.25) is 0 Å². The maximum Gasteiger partial charge on any atom is 0.418 e. The second-order valence-electron chi connectivity index (χ2n) is 5.29. The predicted octanol–water partition coefficient (Wildman–Crippen LogP) is 1.52. The molecule has 114 valence electrons. The molecule has 0 spiro atoms. The summed E-state index contributed by atoms with van der Waals surface area (Å²) in [5.41, 5.74) is -1.59. The molecule has 7 heteroatoms. The van der Waals surface area contributed by atoms with Gasteiger partial charge in [0.1, 0.15) is 0 Å². The van der Waals surface area contributed by atoms with E-state index in [4.69, 9.17) is 0 Å². The molecule has 0 atom stereocenters. The summed E-state index contributed by atoms with van der Waals surface area (Å²) in [6.45, 7) is 1.41. The van der Waals surface area contributed by atoms with Crippen LogP contribution in [0.4, 0.5) is 13.2 Å². The second-order valence-corrected chi connectivity index (χ2v) is 5.29. The highest BCUT2D eigenvalue weighted by atomic mass is 19.4. The van der Waals surface area contributed by atoms with Gasteiger partial charge in [-0.25, -0.2) is 0 Å². The molecule has 0 aliphatic heterocycles. The third-order valence-electron chi connectivity index (χ3n) is 3.03. The number of hydrogen-bond donors (Lipinski definition) is 2. The fourth-order valence-electron chi connectivity index (χ4n) is 1.94. The molecule has 4 nitrogen and oxygen atoms in total. The van der Waals surface area contributed by atoms with Gasteiger partial charge in [-0.2, -0.15) is 13.2 Å². The van der Waals surface area contributed by atoms with E-state index >= 15 is 0 Å². The van der Waals surface area contributed by atoms with Crippen LogP contribution in [0.3, 0.4) is 0 Å². The molecular formula is C13H19F3N2O2. The first-order valence-electron chi connectivity index (χ1n) is 6.13. The van der Waals surface area contributed by atoms with Crippen molar-refractivity contribution in [3.8, 4) is 0 Å². The molecule has 2 N–H and O–H groups in total. The lowest BCUT2D eigenvalue weighted by molar-refractivity contribution is -0.138. The summed E-state index contributed by atoms with van der Waals surface area (Å²) in [7, 11) is 1.62. The first-order valence-corrected chi connectivity index (χ1v) is 6.13. The van der Waals surface area contributed by atoms with Crippen LogP contribution in [-0.2, 0) is 12.7 Å². The summed E-state index contributed by atoms with van der Waals surface area (Å²) in [6, 6.07) is 2.24. The Labute approximate surface area is 115 Å². The van der Waals surface area contributed by atoms with Crippen LogP contribution in [-0.4, -0.2) is 46.9 Å². The van der Waals surface area contributed by atoms with E-state index in [0.717, 1.165) is 6.07 Å². The van der Waals surface area contributed by atoms with Crippen LogP contribution in [0.15, 0.2) is 18.3 Å². The van der Waals surface area contributed by atoms with Crippen molar-refractivity contribution in [3.63, 3.8) is 0 Å². The average Bonchev–Trinajstić information content (AvgIpc) is 2.37. The number of aromatic nitrogens is 1. The predicted molar refractivity (Wildman–Crippen MR) is 67.9 cm³/mol. The molecule has 1 rings (SSSR count). The lowest BCUT2D eigenvalue weighted by Crippen LogP contribution is -2.39. The Morgan fingerprint density at radius 3 is 2.35 bits per heavy atom. The molecule has 0 amide bonds. The Hall–Kier alpha value is -1.18. The van der Waals surface area contributed by atoms with E-state index in [9.17, 15) is 23.4 Å². The van der Waals surface area contributed by atoms with Gasteiger partial charge in [0, 0.05) is 24.7 Å². The summed E-state index contributed by atoms with van der Waals surface area (Å²) >= 11 is 0. The minimum absolute atomic E-state index is 0.00866. The normalized spacial score (nSPS) is 13.0. The molecule has 1 aromatic heterocycles. The molecule has 0 radical (unpaired) electrons. The van der Waals surface area contributed by atoms with Crippen LogP contribution < -0.4 is 0 Å². The number of aliphatic hydroxyl groups excluding tert-OH is 2. The van der Waals surface area contributed by atoms with Crippen molar-refractivity contribution < 1.29 is 23.4 Å². The van der Waals surface area contributed by atoms with Crippen molar-refractivity contribution in [1.82, 2.24) is 9.88 Å². The van der Waals surface area contributed by atoms with Crippen molar-refractivity contribution in [3.05, 3.63) is 29.6 Å². The monoisotopic (exact) mass is 292 g/mol. The highest BCUT2D eigenvalue weighted by Gasteiger charge is 2.34. The van der Waals surface area contributed by atoms with Crippen LogP contribution in [0.1, 0.15) is 18.2 Å². The molecule has 0 unspecified atom stereocenters. The van der Waals surface area contributed by atoms with Crippen LogP contribution in [0.5, 0.6) is 0 Å². The first-order chi connectivity index (χ1) is 9.22. The smallest absolute Gasteiger partial charge is 0.396 e. The number of nitrogens with zero attached hydrogens (tertiary/aromatic N) is 2. The lowest BCUT2D eigenvalue weighted by Gasteiger charge is -2.30. The van der Waals surface area contributed by atoms with E-state index in [2.05, 4.69) is 4.98 Å². The Bertz CT molecular complexity index is 434. The number of rotatable bonds is 6. The zero-order chi connectivity index (χ0) is 15.4. The van der Waals surface area contributed by atoms with Crippen molar-refractivity contribution in [1.29, 1.82) is 0 Å². The minimum atomic E-state index is -4.44. The topological polar surface area (TPSA) is 56.6 Å². The Kier molecular flexibility index (Phi) is 5.50. The summed E-state index contributed by atoms with van der Waals surface area (Å²) < 4.78 is 38.5. The molecule has 0 saturated carbocycles. The Morgan fingerprint density at radius 2 is 1.85 bits per heavy atom. The van der Waals surface area contributed by atoms with Gasteiger partial charge in [0.15, 0.2) is 0 Å². The van der Waals surface area contributed by atoms with Gasteiger partial charge in [-0.15, -0.1) is 0 Å². The van der Waals surface area contributed by atoms with Crippen LogP contribution in [0.2, 0.25) is 0 Å². The number of pyridine rings is 1.